The zero-order chi connectivity index (χ0) is 18.1. The van der Waals surface area contributed by atoms with E-state index in [1.54, 1.807) is 6.20 Å². The summed E-state index contributed by atoms with van der Waals surface area (Å²) in [4.78, 5) is 26.6. The van der Waals surface area contributed by atoms with Crippen LogP contribution < -0.4 is 0 Å². The maximum atomic E-state index is 12.8. The first-order valence-corrected chi connectivity index (χ1v) is 8.84. The van der Waals surface area contributed by atoms with Gasteiger partial charge < -0.3 is 23.7 Å². The highest BCUT2D eigenvalue weighted by molar-refractivity contribution is 6.04. The van der Waals surface area contributed by atoms with Crippen molar-refractivity contribution in [2.45, 2.75) is 25.2 Å². The van der Waals surface area contributed by atoms with E-state index < -0.39 is 11.8 Å². The van der Waals surface area contributed by atoms with Gasteiger partial charge in [0.1, 0.15) is 6.54 Å². The quantitative estimate of drug-likeness (QED) is 0.783. The Kier molecular flexibility index (Phi) is 4.42. The summed E-state index contributed by atoms with van der Waals surface area (Å²) in [5.41, 5.74) is 1.32. The molecular formula is C19H22N2O5. The molecule has 0 saturated carbocycles. The number of ether oxygens (including phenoxy) is 3. The zero-order valence-corrected chi connectivity index (χ0v) is 14.8. The molecule has 0 radical (unpaired) electrons. The van der Waals surface area contributed by atoms with Gasteiger partial charge in [-0.2, -0.15) is 0 Å². The summed E-state index contributed by atoms with van der Waals surface area (Å²) in [6.45, 7) is 2.66. The van der Waals surface area contributed by atoms with Crippen LogP contribution in [0.3, 0.4) is 0 Å². The minimum Gasteiger partial charge on any atom is -0.465 e. The Morgan fingerprint density at radius 3 is 2.54 bits per heavy atom. The Morgan fingerprint density at radius 2 is 1.85 bits per heavy atom. The Labute approximate surface area is 151 Å². The van der Waals surface area contributed by atoms with Crippen LogP contribution in [0.4, 0.5) is 0 Å². The number of carbonyl (C=O) groups is 2. The van der Waals surface area contributed by atoms with E-state index in [4.69, 9.17) is 14.2 Å². The van der Waals surface area contributed by atoms with Crippen molar-refractivity contribution in [3.05, 3.63) is 36.0 Å². The van der Waals surface area contributed by atoms with Crippen LogP contribution in [0, 0.1) is 0 Å². The van der Waals surface area contributed by atoms with Gasteiger partial charge in [-0.25, -0.2) is 4.79 Å². The van der Waals surface area contributed by atoms with Crippen LogP contribution in [0.1, 0.15) is 23.2 Å². The number of rotatable bonds is 3. The molecule has 1 amide bonds. The second-order valence-electron chi connectivity index (χ2n) is 6.67. The van der Waals surface area contributed by atoms with E-state index in [-0.39, 0.29) is 12.5 Å². The molecular weight excluding hydrogens is 336 g/mol. The molecule has 2 aliphatic heterocycles. The monoisotopic (exact) mass is 358 g/mol. The summed E-state index contributed by atoms with van der Waals surface area (Å²) >= 11 is 0. The lowest BCUT2D eigenvalue weighted by atomic mass is 10.0. The predicted octanol–water partition coefficient (Wildman–Crippen LogP) is 1.79. The second-order valence-corrected chi connectivity index (χ2v) is 6.67. The summed E-state index contributed by atoms with van der Waals surface area (Å²) < 4.78 is 18.1. The van der Waals surface area contributed by atoms with Crippen LogP contribution in [0.25, 0.3) is 10.9 Å². The molecule has 2 fully saturated rings. The molecule has 4 rings (SSSR count). The summed E-state index contributed by atoms with van der Waals surface area (Å²) in [6, 6.07) is 7.53. The van der Waals surface area contributed by atoms with Crippen molar-refractivity contribution in [3.63, 3.8) is 0 Å². The first kappa shape index (κ1) is 17.1. The van der Waals surface area contributed by atoms with Gasteiger partial charge in [0.15, 0.2) is 5.79 Å². The molecule has 138 valence electrons. The van der Waals surface area contributed by atoms with Gasteiger partial charge in [0, 0.05) is 43.0 Å². The number of aromatic nitrogens is 1. The molecule has 0 bridgehead atoms. The lowest BCUT2D eigenvalue weighted by Gasteiger charge is -2.37. The van der Waals surface area contributed by atoms with Crippen LogP contribution in [0.15, 0.2) is 30.5 Å². The first-order chi connectivity index (χ1) is 12.6. The fraction of sp³-hybridized carbons (Fsp3) is 0.474. The molecule has 2 aromatic rings. The maximum absolute atomic E-state index is 12.8. The molecule has 1 spiro atoms. The van der Waals surface area contributed by atoms with Crippen molar-refractivity contribution in [2.24, 2.45) is 0 Å². The Morgan fingerprint density at radius 1 is 1.15 bits per heavy atom. The Bertz CT molecular complexity index is 828. The largest absolute Gasteiger partial charge is 0.465 e. The highest BCUT2D eigenvalue weighted by atomic mass is 16.7. The van der Waals surface area contributed by atoms with Crippen LogP contribution >= 0.6 is 0 Å². The molecule has 2 saturated heterocycles. The smallest absolute Gasteiger partial charge is 0.340 e. The van der Waals surface area contributed by atoms with E-state index >= 15 is 0 Å². The van der Waals surface area contributed by atoms with Crippen LogP contribution in [0.2, 0.25) is 0 Å². The predicted molar refractivity (Wildman–Crippen MR) is 93.7 cm³/mol. The molecule has 7 nitrogen and oxygen atoms in total. The number of methoxy groups -OCH3 is 1. The van der Waals surface area contributed by atoms with Crippen LogP contribution in [0.5, 0.6) is 0 Å². The number of benzene rings is 1. The number of likely N-dealkylation sites (tertiary alicyclic amines) is 1. The third-order valence-electron chi connectivity index (χ3n) is 5.19. The number of piperidine rings is 1. The molecule has 26 heavy (non-hydrogen) atoms. The SMILES string of the molecule is COC(=O)c1cn(CC(=O)N2CCC3(CC2)OCCO3)c2ccccc12. The van der Waals surface area contributed by atoms with Crippen LogP contribution in [-0.2, 0) is 25.5 Å². The van der Waals surface area contributed by atoms with Gasteiger partial charge in [-0.05, 0) is 6.07 Å². The Balaban J connectivity index is 1.50. The third kappa shape index (κ3) is 2.97. The molecule has 0 atom stereocenters. The fourth-order valence-corrected chi connectivity index (χ4v) is 3.78. The maximum Gasteiger partial charge on any atom is 0.340 e. The van der Waals surface area contributed by atoms with Crippen molar-refractivity contribution < 1.29 is 23.8 Å². The molecule has 2 aliphatic rings. The molecule has 1 aromatic heterocycles. The van der Waals surface area contributed by atoms with E-state index in [0.717, 1.165) is 10.9 Å². The molecule has 0 unspecified atom stereocenters. The van der Waals surface area contributed by atoms with Crippen molar-refractivity contribution in [1.82, 2.24) is 9.47 Å². The van der Waals surface area contributed by atoms with Crippen molar-refractivity contribution in [2.75, 3.05) is 33.4 Å². The van der Waals surface area contributed by atoms with Crippen molar-refractivity contribution in [1.29, 1.82) is 0 Å². The molecule has 0 N–H and O–H groups in total. The van der Waals surface area contributed by atoms with Crippen molar-refractivity contribution >= 4 is 22.8 Å². The van der Waals surface area contributed by atoms with Crippen LogP contribution in [-0.4, -0.2) is 60.5 Å². The normalized spacial score (nSPS) is 19.2. The highest BCUT2D eigenvalue weighted by Gasteiger charge is 2.40. The van der Waals surface area contributed by atoms with Gasteiger partial charge in [-0.1, -0.05) is 18.2 Å². The number of nitrogens with zero attached hydrogens (tertiary/aromatic N) is 2. The Hall–Kier alpha value is -2.38. The second kappa shape index (κ2) is 6.74. The molecule has 3 heterocycles. The van der Waals surface area contributed by atoms with Gasteiger partial charge >= 0.3 is 5.97 Å². The summed E-state index contributed by atoms with van der Waals surface area (Å²) in [5.74, 6) is -0.868. The van der Waals surface area contributed by atoms with E-state index in [9.17, 15) is 9.59 Å². The number of hydrogen-bond acceptors (Lipinski definition) is 5. The summed E-state index contributed by atoms with van der Waals surface area (Å²) in [6.07, 6.45) is 3.08. The molecule has 1 aromatic carbocycles. The molecule has 7 heteroatoms. The summed E-state index contributed by atoms with van der Waals surface area (Å²) in [7, 11) is 1.36. The topological polar surface area (TPSA) is 70.0 Å². The number of carbonyl (C=O) groups excluding carboxylic acids is 2. The van der Waals surface area contributed by atoms with E-state index in [2.05, 4.69) is 0 Å². The average Bonchev–Trinajstić information content (AvgIpc) is 3.27. The number of fused-ring (bicyclic) bond motifs is 1. The van der Waals surface area contributed by atoms with E-state index in [1.165, 1.54) is 7.11 Å². The van der Waals surface area contributed by atoms with Gasteiger partial charge in [-0.15, -0.1) is 0 Å². The number of hydrogen-bond donors (Lipinski definition) is 0. The molecule has 0 aliphatic carbocycles. The number of amides is 1. The lowest BCUT2D eigenvalue weighted by molar-refractivity contribution is -0.187. The van der Waals surface area contributed by atoms with Gasteiger partial charge in [-0.3, -0.25) is 4.79 Å². The standard InChI is InChI=1S/C19H22N2O5/c1-24-18(23)15-12-21(16-5-3-2-4-14(15)16)13-17(22)20-8-6-19(7-9-20)25-10-11-26-19/h2-5,12H,6-11,13H2,1H3. The first-order valence-electron chi connectivity index (χ1n) is 8.84. The minimum atomic E-state index is -0.491. The van der Waals surface area contributed by atoms with Gasteiger partial charge in [0.05, 0.1) is 25.9 Å². The third-order valence-corrected chi connectivity index (χ3v) is 5.19. The summed E-state index contributed by atoms with van der Waals surface area (Å²) in [5, 5.41) is 0.789. The van der Waals surface area contributed by atoms with E-state index in [1.807, 2.05) is 33.7 Å². The van der Waals surface area contributed by atoms with Crippen molar-refractivity contribution in [3.8, 4) is 0 Å². The minimum absolute atomic E-state index is 0.0232. The van der Waals surface area contributed by atoms with Gasteiger partial charge in [0.2, 0.25) is 5.91 Å². The number of para-hydroxylation sites is 1. The average molecular weight is 358 g/mol. The van der Waals surface area contributed by atoms with E-state index in [0.29, 0.717) is 44.7 Å². The highest BCUT2D eigenvalue weighted by Crippen LogP contribution is 2.31. The zero-order valence-electron chi connectivity index (χ0n) is 14.8. The lowest BCUT2D eigenvalue weighted by Crippen LogP contribution is -2.48. The van der Waals surface area contributed by atoms with Gasteiger partial charge in [0.25, 0.3) is 0 Å². The number of esters is 1. The fourth-order valence-electron chi connectivity index (χ4n) is 3.78.